The van der Waals surface area contributed by atoms with Gasteiger partial charge in [0.25, 0.3) is 0 Å². The summed E-state index contributed by atoms with van der Waals surface area (Å²) in [6.45, 7) is 4.18. The van der Waals surface area contributed by atoms with E-state index in [4.69, 9.17) is 0 Å². The van der Waals surface area contributed by atoms with Gasteiger partial charge in [-0.2, -0.15) is 0 Å². The van der Waals surface area contributed by atoms with Gasteiger partial charge in [-0.15, -0.1) is 0 Å². The molecule has 2 heteroatoms. The highest BCUT2D eigenvalue weighted by Crippen LogP contribution is 2.36. The molecule has 0 atom stereocenters. The number of allylic oxidation sites excluding steroid dienone is 9. The first-order valence-corrected chi connectivity index (χ1v) is 12.7. The molecule has 0 fully saturated rings. The fourth-order valence-electron chi connectivity index (χ4n) is 5.47. The van der Waals surface area contributed by atoms with Crippen molar-refractivity contribution in [3.63, 3.8) is 0 Å². The summed E-state index contributed by atoms with van der Waals surface area (Å²) in [5, 5.41) is 5.04. The molecule has 0 radical (unpaired) electrons. The van der Waals surface area contributed by atoms with Crippen molar-refractivity contribution >= 4 is 49.3 Å². The Kier molecular flexibility index (Phi) is 5.04. The van der Waals surface area contributed by atoms with Crippen molar-refractivity contribution in [3.8, 4) is 11.1 Å². The molecule has 0 aliphatic heterocycles. The van der Waals surface area contributed by atoms with E-state index < -0.39 is 0 Å². The lowest BCUT2D eigenvalue weighted by molar-refractivity contribution is 1.21. The number of aromatic nitrogens is 2. The van der Waals surface area contributed by atoms with Crippen LogP contribution in [0.2, 0.25) is 0 Å². The third kappa shape index (κ3) is 3.66. The van der Waals surface area contributed by atoms with Crippen molar-refractivity contribution in [3.05, 3.63) is 140 Å². The van der Waals surface area contributed by atoms with Crippen molar-refractivity contribution in [1.82, 2.24) is 9.55 Å². The largest absolute Gasteiger partial charge is 0.354 e. The second kappa shape index (κ2) is 8.69. The SMILES string of the molecule is C=C1/C=C\C=C/C/C=C(n2c3ccccc3c3ccc(-c4ccc5c(c4)[nH]c4ccccc45)cc32)\C=C/1. The smallest absolute Gasteiger partial charge is 0.0547 e. The average Bonchev–Trinajstić information content (AvgIpc) is 3.47. The average molecular weight is 475 g/mol. The Hall–Kier alpha value is -4.82. The molecule has 0 spiro atoms. The van der Waals surface area contributed by atoms with Gasteiger partial charge in [0.15, 0.2) is 0 Å². The molecule has 0 bridgehead atoms. The highest BCUT2D eigenvalue weighted by atomic mass is 15.0. The van der Waals surface area contributed by atoms with Crippen molar-refractivity contribution < 1.29 is 0 Å². The Morgan fingerprint density at radius 3 is 2.27 bits per heavy atom. The lowest BCUT2D eigenvalue weighted by Crippen LogP contribution is -1.95. The second-order valence-electron chi connectivity index (χ2n) is 9.58. The first-order valence-electron chi connectivity index (χ1n) is 12.7. The molecule has 2 heterocycles. The van der Waals surface area contributed by atoms with Gasteiger partial charge < -0.3 is 9.55 Å². The molecule has 1 N–H and O–H groups in total. The molecule has 2 aromatic heterocycles. The van der Waals surface area contributed by atoms with E-state index in [2.05, 4.69) is 131 Å². The second-order valence-corrected chi connectivity index (χ2v) is 9.58. The number of nitrogens with zero attached hydrogens (tertiary/aromatic N) is 1. The summed E-state index contributed by atoms with van der Waals surface area (Å²) in [5.41, 5.74) is 9.28. The summed E-state index contributed by atoms with van der Waals surface area (Å²) in [5.74, 6) is 0. The van der Waals surface area contributed by atoms with Crippen molar-refractivity contribution in [2.24, 2.45) is 0 Å². The highest BCUT2D eigenvalue weighted by Gasteiger charge is 2.14. The number of hydrogen-bond donors (Lipinski definition) is 1. The molecular formula is C35H26N2. The molecule has 0 unspecified atom stereocenters. The summed E-state index contributed by atoms with van der Waals surface area (Å²) in [6, 6.07) is 30.8. The van der Waals surface area contributed by atoms with E-state index in [9.17, 15) is 0 Å². The van der Waals surface area contributed by atoms with Crippen molar-refractivity contribution in [1.29, 1.82) is 0 Å². The van der Waals surface area contributed by atoms with Gasteiger partial charge in [0.2, 0.25) is 0 Å². The molecule has 6 aromatic rings. The molecule has 176 valence electrons. The Morgan fingerprint density at radius 1 is 0.622 bits per heavy atom. The zero-order valence-corrected chi connectivity index (χ0v) is 20.5. The van der Waals surface area contributed by atoms with E-state index in [0.717, 1.165) is 23.2 Å². The predicted molar refractivity (Wildman–Crippen MR) is 160 cm³/mol. The standard InChI is InChI=1S/C35H26N2/c1-24-10-4-2-3-5-11-27(19-16-24)37-34-15-9-7-13-30(34)31-21-18-26(23-35(31)37)25-17-20-29-28-12-6-8-14-32(28)36-33(29)22-25/h2-4,6-23,36H,1,5H2/b3-2-,10-4-,19-16-,27-11+. The molecule has 0 saturated carbocycles. The monoisotopic (exact) mass is 474 g/mol. The first kappa shape index (κ1) is 21.5. The van der Waals surface area contributed by atoms with Crippen LogP contribution in [0.15, 0.2) is 140 Å². The number of rotatable bonds is 2. The third-order valence-electron chi connectivity index (χ3n) is 7.26. The first-order chi connectivity index (χ1) is 18.3. The fraction of sp³-hybridized carbons (Fsp3) is 0.0286. The van der Waals surface area contributed by atoms with E-state index >= 15 is 0 Å². The molecule has 4 aromatic carbocycles. The molecular weight excluding hydrogens is 448 g/mol. The van der Waals surface area contributed by atoms with Crippen LogP contribution in [0, 0.1) is 0 Å². The van der Waals surface area contributed by atoms with Crippen LogP contribution in [-0.2, 0) is 0 Å². The maximum Gasteiger partial charge on any atom is 0.0547 e. The summed E-state index contributed by atoms with van der Waals surface area (Å²) in [6.07, 6.45) is 15.8. The van der Waals surface area contributed by atoms with Crippen LogP contribution in [0.4, 0.5) is 0 Å². The number of nitrogens with one attached hydrogen (secondary N) is 1. The maximum absolute atomic E-state index is 4.18. The summed E-state index contributed by atoms with van der Waals surface area (Å²) in [4.78, 5) is 3.59. The van der Waals surface area contributed by atoms with E-state index in [1.165, 1.54) is 49.2 Å². The van der Waals surface area contributed by atoms with Gasteiger partial charge in [0, 0.05) is 38.3 Å². The van der Waals surface area contributed by atoms with Crippen LogP contribution in [0.25, 0.3) is 60.4 Å². The van der Waals surface area contributed by atoms with Crippen LogP contribution < -0.4 is 0 Å². The normalized spacial score (nSPS) is 18.3. The fourth-order valence-corrected chi connectivity index (χ4v) is 5.47. The van der Waals surface area contributed by atoms with Crippen LogP contribution in [0.1, 0.15) is 6.42 Å². The molecule has 0 saturated heterocycles. The van der Waals surface area contributed by atoms with Crippen LogP contribution >= 0.6 is 0 Å². The number of benzene rings is 4. The quantitative estimate of drug-likeness (QED) is 0.258. The number of aromatic amines is 1. The van der Waals surface area contributed by atoms with Gasteiger partial charge in [-0.3, -0.25) is 0 Å². The Labute approximate surface area is 215 Å². The molecule has 0 amide bonds. The van der Waals surface area contributed by atoms with E-state index in [1.807, 2.05) is 12.2 Å². The van der Waals surface area contributed by atoms with Gasteiger partial charge in [0.05, 0.1) is 11.0 Å². The third-order valence-corrected chi connectivity index (χ3v) is 7.26. The van der Waals surface area contributed by atoms with E-state index in [0.29, 0.717) is 0 Å². The minimum absolute atomic E-state index is 0.862. The zero-order chi connectivity index (χ0) is 24.8. The molecule has 1 aliphatic rings. The zero-order valence-electron chi connectivity index (χ0n) is 20.5. The molecule has 2 nitrogen and oxygen atoms in total. The molecule has 7 rings (SSSR count). The maximum atomic E-state index is 4.18. The Bertz CT molecular complexity index is 1970. The topological polar surface area (TPSA) is 20.7 Å². The van der Waals surface area contributed by atoms with Crippen molar-refractivity contribution in [2.75, 3.05) is 0 Å². The van der Waals surface area contributed by atoms with E-state index in [1.54, 1.807) is 0 Å². The number of para-hydroxylation sites is 2. The lowest BCUT2D eigenvalue weighted by atomic mass is 10.0. The predicted octanol–water partition coefficient (Wildman–Crippen LogP) is 9.57. The summed E-state index contributed by atoms with van der Waals surface area (Å²) < 4.78 is 2.39. The van der Waals surface area contributed by atoms with Gasteiger partial charge in [-0.25, -0.2) is 0 Å². The van der Waals surface area contributed by atoms with Gasteiger partial charge >= 0.3 is 0 Å². The van der Waals surface area contributed by atoms with Gasteiger partial charge in [-0.05, 0) is 53.5 Å². The summed E-state index contributed by atoms with van der Waals surface area (Å²) in [7, 11) is 0. The molecule has 1 aliphatic carbocycles. The Morgan fingerprint density at radius 2 is 1.35 bits per heavy atom. The Balaban J connectivity index is 1.44. The minimum Gasteiger partial charge on any atom is -0.354 e. The van der Waals surface area contributed by atoms with E-state index in [-0.39, 0.29) is 0 Å². The van der Waals surface area contributed by atoms with Crippen LogP contribution in [0.3, 0.4) is 0 Å². The highest BCUT2D eigenvalue weighted by molar-refractivity contribution is 6.12. The van der Waals surface area contributed by atoms with Gasteiger partial charge in [0.1, 0.15) is 0 Å². The van der Waals surface area contributed by atoms with Crippen LogP contribution in [0.5, 0.6) is 0 Å². The molecule has 37 heavy (non-hydrogen) atoms. The van der Waals surface area contributed by atoms with Crippen LogP contribution in [-0.4, -0.2) is 9.55 Å². The lowest BCUT2D eigenvalue weighted by Gasteiger charge is -2.11. The number of fused-ring (bicyclic) bond motifs is 6. The van der Waals surface area contributed by atoms with Crippen molar-refractivity contribution in [2.45, 2.75) is 6.42 Å². The minimum atomic E-state index is 0.862. The van der Waals surface area contributed by atoms with Gasteiger partial charge in [-0.1, -0.05) is 104 Å². The summed E-state index contributed by atoms with van der Waals surface area (Å²) >= 11 is 0. The number of H-pyrrole nitrogens is 1. The number of hydrogen-bond acceptors (Lipinski definition) is 0.